The van der Waals surface area contributed by atoms with Gasteiger partial charge in [0.05, 0.1) is 6.04 Å². The molecule has 2 atom stereocenters. The lowest BCUT2D eigenvalue weighted by Gasteiger charge is -2.37. The molecule has 0 radical (unpaired) electrons. The lowest BCUT2D eigenvalue weighted by Crippen LogP contribution is -2.51. The van der Waals surface area contributed by atoms with Gasteiger partial charge in [0.15, 0.2) is 5.78 Å². The molecule has 1 N–H and O–H groups in total. The standard InChI is InChI=1S/C16H15NO4/c1-8-12-7-13(19)17(12)15(16(20)21)14(8)11-5-3-10(4-6-11)9(2)18/h3-6,8,12H,7H2,1-2H3,(H,20,21). The number of fused-ring (bicyclic) bond motifs is 1. The molecule has 0 saturated carbocycles. The summed E-state index contributed by atoms with van der Waals surface area (Å²) < 4.78 is 0. The van der Waals surface area contributed by atoms with Crippen LogP contribution in [-0.2, 0) is 9.59 Å². The molecule has 2 aliphatic heterocycles. The number of carboxylic acids is 1. The van der Waals surface area contributed by atoms with Gasteiger partial charge in [-0.3, -0.25) is 9.59 Å². The molecule has 2 unspecified atom stereocenters. The number of hydrogen-bond donors (Lipinski definition) is 1. The Hall–Kier alpha value is -2.43. The van der Waals surface area contributed by atoms with Crippen LogP contribution in [-0.4, -0.2) is 33.7 Å². The number of Topliss-reactive ketones (excluding diaryl/α,β-unsaturated/α-hetero) is 1. The van der Waals surface area contributed by atoms with Crippen LogP contribution in [0.1, 0.15) is 36.2 Å². The van der Waals surface area contributed by atoms with E-state index in [1.807, 2.05) is 6.92 Å². The summed E-state index contributed by atoms with van der Waals surface area (Å²) in [6, 6.07) is 6.83. The molecule has 108 valence electrons. The van der Waals surface area contributed by atoms with Crippen molar-refractivity contribution in [2.75, 3.05) is 0 Å². The van der Waals surface area contributed by atoms with Crippen molar-refractivity contribution in [3.63, 3.8) is 0 Å². The molecule has 1 amide bonds. The zero-order valence-electron chi connectivity index (χ0n) is 11.8. The van der Waals surface area contributed by atoms with E-state index < -0.39 is 5.97 Å². The Labute approximate surface area is 121 Å². The third kappa shape index (κ3) is 1.88. The summed E-state index contributed by atoms with van der Waals surface area (Å²) in [4.78, 5) is 35.9. The number of rotatable bonds is 3. The average Bonchev–Trinajstić information content (AvgIpc) is 2.67. The van der Waals surface area contributed by atoms with E-state index in [-0.39, 0.29) is 29.3 Å². The first-order chi connectivity index (χ1) is 9.91. The Morgan fingerprint density at radius 3 is 2.33 bits per heavy atom. The van der Waals surface area contributed by atoms with Gasteiger partial charge in [-0.2, -0.15) is 0 Å². The number of nitrogens with zero attached hydrogens (tertiary/aromatic N) is 1. The second-order valence-corrected chi connectivity index (χ2v) is 5.52. The monoisotopic (exact) mass is 285 g/mol. The first-order valence-electron chi connectivity index (χ1n) is 6.82. The van der Waals surface area contributed by atoms with Gasteiger partial charge < -0.3 is 10.0 Å². The molecule has 1 aromatic rings. The van der Waals surface area contributed by atoms with Gasteiger partial charge >= 0.3 is 5.97 Å². The second-order valence-electron chi connectivity index (χ2n) is 5.52. The number of hydrogen-bond acceptors (Lipinski definition) is 3. The van der Waals surface area contributed by atoms with Gasteiger partial charge in [-0.25, -0.2) is 4.79 Å². The van der Waals surface area contributed by atoms with Crippen molar-refractivity contribution >= 4 is 23.2 Å². The lowest BCUT2D eigenvalue weighted by molar-refractivity contribution is -0.148. The highest BCUT2D eigenvalue weighted by Crippen LogP contribution is 2.46. The fraction of sp³-hybridized carbons (Fsp3) is 0.312. The molecular formula is C16H15NO4. The Balaban J connectivity index is 2.09. The number of amides is 1. The summed E-state index contributed by atoms with van der Waals surface area (Å²) in [6.45, 7) is 3.42. The number of ketones is 1. The highest BCUT2D eigenvalue weighted by atomic mass is 16.4. The summed E-state index contributed by atoms with van der Waals surface area (Å²) in [6.07, 6.45) is 0.396. The van der Waals surface area contributed by atoms with E-state index in [0.717, 1.165) is 5.56 Å². The number of benzene rings is 1. The smallest absolute Gasteiger partial charge is 0.352 e. The van der Waals surface area contributed by atoms with Crippen LogP contribution in [0.5, 0.6) is 0 Å². The van der Waals surface area contributed by atoms with Crippen molar-refractivity contribution in [3.05, 3.63) is 41.1 Å². The average molecular weight is 285 g/mol. The van der Waals surface area contributed by atoms with E-state index in [9.17, 15) is 19.5 Å². The quantitative estimate of drug-likeness (QED) is 0.680. The van der Waals surface area contributed by atoms with Crippen LogP contribution >= 0.6 is 0 Å². The third-order valence-electron chi connectivity index (χ3n) is 4.32. The molecule has 1 aromatic carbocycles. The molecule has 0 bridgehead atoms. The minimum absolute atomic E-state index is 0.0167. The molecular weight excluding hydrogens is 270 g/mol. The fourth-order valence-electron chi connectivity index (χ4n) is 3.17. The molecule has 3 rings (SSSR count). The Morgan fingerprint density at radius 1 is 1.24 bits per heavy atom. The molecule has 1 fully saturated rings. The van der Waals surface area contributed by atoms with E-state index in [2.05, 4.69) is 0 Å². The van der Waals surface area contributed by atoms with E-state index in [4.69, 9.17) is 0 Å². The number of carbonyl (C=O) groups excluding carboxylic acids is 2. The lowest BCUT2D eigenvalue weighted by atomic mass is 9.86. The van der Waals surface area contributed by atoms with Crippen molar-refractivity contribution in [3.8, 4) is 0 Å². The number of carbonyl (C=O) groups is 3. The first-order valence-corrected chi connectivity index (χ1v) is 6.82. The molecule has 2 heterocycles. The second kappa shape index (κ2) is 4.55. The predicted molar refractivity (Wildman–Crippen MR) is 75.4 cm³/mol. The topological polar surface area (TPSA) is 74.7 Å². The minimum atomic E-state index is -1.08. The number of aliphatic carboxylic acids is 1. The normalized spacial score (nSPS) is 23.9. The van der Waals surface area contributed by atoms with Gasteiger partial charge in [0.25, 0.3) is 0 Å². The molecule has 0 aliphatic carbocycles. The van der Waals surface area contributed by atoms with Crippen molar-refractivity contribution in [2.24, 2.45) is 5.92 Å². The van der Waals surface area contributed by atoms with Crippen molar-refractivity contribution < 1.29 is 19.5 Å². The number of carboxylic acid groups (broad SMARTS) is 1. The summed E-state index contributed by atoms with van der Waals surface area (Å²) >= 11 is 0. The SMILES string of the molecule is CC(=O)c1ccc(C2=C(C(=O)O)N3C(=O)CC3C2C)cc1. The van der Waals surface area contributed by atoms with Crippen LogP contribution in [0.2, 0.25) is 0 Å². The Kier molecular flexibility index (Phi) is 2.93. The van der Waals surface area contributed by atoms with Crippen molar-refractivity contribution in [1.82, 2.24) is 4.90 Å². The minimum Gasteiger partial charge on any atom is -0.477 e. The number of β-lactam (4-membered cyclic amide) rings is 1. The molecule has 21 heavy (non-hydrogen) atoms. The zero-order valence-corrected chi connectivity index (χ0v) is 11.8. The van der Waals surface area contributed by atoms with E-state index >= 15 is 0 Å². The van der Waals surface area contributed by atoms with Crippen LogP contribution in [0.25, 0.3) is 5.57 Å². The van der Waals surface area contributed by atoms with E-state index in [1.165, 1.54) is 11.8 Å². The van der Waals surface area contributed by atoms with Crippen LogP contribution in [0.3, 0.4) is 0 Å². The molecule has 5 heteroatoms. The highest BCUT2D eigenvalue weighted by molar-refractivity contribution is 6.05. The van der Waals surface area contributed by atoms with Crippen LogP contribution in [0.15, 0.2) is 30.0 Å². The third-order valence-corrected chi connectivity index (χ3v) is 4.32. The van der Waals surface area contributed by atoms with Crippen LogP contribution in [0, 0.1) is 5.92 Å². The van der Waals surface area contributed by atoms with Crippen LogP contribution < -0.4 is 0 Å². The summed E-state index contributed by atoms with van der Waals surface area (Å²) in [5.41, 5.74) is 2.10. The van der Waals surface area contributed by atoms with Gasteiger partial charge in [0.2, 0.25) is 5.91 Å². The maximum atomic E-state index is 11.7. The molecule has 1 saturated heterocycles. The van der Waals surface area contributed by atoms with Crippen molar-refractivity contribution in [1.29, 1.82) is 0 Å². The van der Waals surface area contributed by atoms with Gasteiger partial charge in [0, 0.05) is 17.9 Å². The van der Waals surface area contributed by atoms with Crippen molar-refractivity contribution in [2.45, 2.75) is 26.3 Å². The molecule has 0 spiro atoms. The molecule has 5 nitrogen and oxygen atoms in total. The summed E-state index contributed by atoms with van der Waals surface area (Å²) in [5.74, 6) is -1.27. The van der Waals surface area contributed by atoms with E-state index in [1.54, 1.807) is 24.3 Å². The van der Waals surface area contributed by atoms with Gasteiger partial charge in [-0.05, 0) is 18.1 Å². The fourth-order valence-corrected chi connectivity index (χ4v) is 3.17. The van der Waals surface area contributed by atoms with Gasteiger partial charge in [-0.15, -0.1) is 0 Å². The first kappa shape index (κ1) is 13.5. The Bertz CT molecular complexity index is 687. The van der Waals surface area contributed by atoms with Gasteiger partial charge in [-0.1, -0.05) is 31.2 Å². The van der Waals surface area contributed by atoms with E-state index in [0.29, 0.717) is 17.6 Å². The maximum Gasteiger partial charge on any atom is 0.352 e. The Morgan fingerprint density at radius 2 is 1.86 bits per heavy atom. The largest absolute Gasteiger partial charge is 0.477 e. The highest BCUT2D eigenvalue weighted by Gasteiger charge is 2.51. The van der Waals surface area contributed by atoms with Crippen LogP contribution in [0.4, 0.5) is 0 Å². The molecule has 0 aromatic heterocycles. The van der Waals surface area contributed by atoms with Gasteiger partial charge in [0.1, 0.15) is 5.70 Å². The maximum absolute atomic E-state index is 11.7. The summed E-state index contributed by atoms with van der Waals surface area (Å²) in [5, 5.41) is 9.44. The predicted octanol–water partition coefficient (Wildman–Crippen LogP) is 1.94. The molecule has 2 aliphatic rings. The zero-order chi connectivity index (χ0) is 15.3. The summed E-state index contributed by atoms with van der Waals surface area (Å²) in [7, 11) is 0.